The fourth-order valence-corrected chi connectivity index (χ4v) is 5.22. The molecular formula is C34H45N3O5. The van der Waals surface area contributed by atoms with Crippen LogP contribution in [0.15, 0.2) is 65.6 Å². The van der Waals surface area contributed by atoms with Crippen LogP contribution in [0, 0.1) is 19.8 Å². The second kappa shape index (κ2) is 14.4. The topological polar surface area (TPSA) is 101 Å². The molecule has 3 rings (SSSR count). The zero-order valence-corrected chi connectivity index (χ0v) is 25.9. The Labute approximate surface area is 249 Å². The van der Waals surface area contributed by atoms with Gasteiger partial charge < -0.3 is 24.6 Å². The van der Waals surface area contributed by atoms with E-state index in [1.807, 2.05) is 77.0 Å². The monoisotopic (exact) mass is 575 g/mol. The number of hydrogen-bond donors (Lipinski definition) is 2. The standard InChI is InChI=1S/C34H45N3O5/c1-8-42-31(39)22-34(41,28-14-10-13-27(21-28)32-24(4)11-9-12-25(32)5)35-33(40)29(19-23(2)3)37-18-16-26(20-30(37)38)15-17-36(6)7/h9-14,16,18,20-21,23,29,41H,8,15,17,19,22H2,1-7H3,(H,35,40)/t29?,34-/m0/s1. The third kappa shape index (κ3) is 8.39. The van der Waals surface area contributed by atoms with Crippen LogP contribution in [0.5, 0.6) is 0 Å². The van der Waals surface area contributed by atoms with Crippen LogP contribution in [0.2, 0.25) is 0 Å². The number of carbonyl (C=O) groups excluding carboxylic acids is 2. The second-order valence-electron chi connectivity index (χ2n) is 11.7. The number of carbonyl (C=O) groups is 2. The molecule has 0 fully saturated rings. The van der Waals surface area contributed by atoms with E-state index < -0.39 is 30.1 Å². The molecule has 1 aromatic heterocycles. The molecule has 0 aliphatic carbocycles. The Morgan fingerprint density at radius 1 is 1.05 bits per heavy atom. The summed E-state index contributed by atoms with van der Waals surface area (Å²) in [5.41, 5.74) is 2.87. The highest BCUT2D eigenvalue weighted by molar-refractivity contribution is 5.82. The number of esters is 1. The first-order chi connectivity index (χ1) is 19.8. The number of nitrogens with one attached hydrogen (secondary N) is 1. The quantitative estimate of drug-likeness (QED) is 0.226. The van der Waals surface area contributed by atoms with Gasteiger partial charge in [0, 0.05) is 24.4 Å². The molecule has 8 nitrogen and oxygen atoms in total. The fraction of sp³-hybridized carbons (Fsp3) is 0.441. The van der Waals surface area contributed by atoms with E-state index in [0.717, 1.165) is 34.4 Å². The Morgan fingerprint density at radius 3 is 2.31 bits per heavy atom. The summed E-state index contributed by atoms with van der Waals surface area (Å²) in [7, 11) is 3.94. The number of ether oxygens (including phenoxy) is 1. The van der Waals surface area contributed by atoms with E-state index in [2.05, 4.69) is 5.32 Å². The molecule has 1 unspecified atom stereocenters. The van der Waals surface area contributed by atoms with Crippen LogP contribution in [-0.2, 0) is 26.5 Å². The van der Waals surface area contributed by atoms with Crippen molar-refractivity contribution in [2.45, 2.75) is 65.6 Å². The van der Waals surface area contributed by atoms with Gasteiger partial charge in [-0.15, -0.1) is 0 Å². The number of hydrogen-bond acceptors (Lipinski definition) is 6. The van der Waals surface area contributed by atoms with Crippen molar-refractivity contribution in [1.29, 1.82) is 0 Å². The molecule has 3 aromatic rings. The van der Waals surface area contributed by atoms with Crippen LogP contribution in [-0.4, -0.2) is 53.7 Å². The minimum absolute atomic E-state index is 0.0755. The van der Waals surface area contributed by atoms with Crippen molar-refractivity contribution in [3.63, 3.8) is 0 Å². The van der Waals surface area contributed by atoms with Gasteiger partial charge in [0.15, 0.2) is 5.72 Å². The Balaban J connectivity index is 2.03. The Kier molecular flexibility index (Phi) is 11.3. The molecule has 0 saturated carbocycles. The van der Waals surface area contributed by atoms with Gasteiger partial charge in [-0.25, -0.2) is 0 Å². The fourth-order valence-electron chi connectivity index (χ4n) is 5.22. The summed E-state index contributed by atoms with van der Waals surface area (Å²) in [5.74, 6) is -1.14. The smallest absolute Gasteiger partial charge is 0.311 e. The summed E-state index contributed by atoms with van der Waals surface area (Å²) >= 11 is 0. The number of aliphatic hydroxyl groups is 1. The molecular weight excluding hydrogens is 530 g/mol. The third-order valence-electron chi connectivity index (χ3n) is 7.34. The first-order valence-corrected chi connectivity index (χ1v) is 14.6. The molecule has 42 heavy (non-hydrogen) atoms. The molecule has 0 aliphatic heterocycles. The van der Waals surface area contributed by atoms with Gasteiger partial charge in [0.05, 0.1) is 13.0 Å². The van der Waals surface area contributed by atoms with Crippen LogP contribution in [0.1, 0.15) is 61.9 Å². The van der Waals surface area contributed by atoms with Crippen LogP contribution in [0.4, 0.5) is 0 Å². The van der Waals surface area contributed by atoms with Crippen molar-refractivity contribution in [2.75, 3.05) is 27.2 Å². The highest BCUT2D eigenvalue weighted by Crippen LogP contribution is 2.32. The van der Waals surface area contributed by atoms with Gasteiger partial charge in [0.25, 0.3) is 5.56 Å². The lowest BCUT2D eigenvalue weighted by atomic mass is 9.91. The zero-order chi connectivity index (χ0) is 31.0. The number of rotatable bonds is 13. The van der Waals surface area contributed by atoms with Crippen molar-refractivity contribution in [3.8, 4) is 11.1 Å². The number of likely N-dealkylation sites (N-methyl/N-ethyl adjacent to an activating group) is 1. The van der Waals surface area contributed by atoms with E-state index in [0.29, 0.717) is 18.4 Å². The molecule has 2 aromatic carbocycles. The second-order valence-corrected chi connectivity index (χ2v) is 11.7. The number of aryl methyl sites for hydroxylation is 2. The van der Waals surface area contributed by atoms with Crippen molar-refractivity contribution >= 4 is 11.9 Å². The van der Waals surface area contributed by atoms with E-state index in [4.69, 9.17) is 4.74 Å². The molecule has 8 heteroatoms. The number of aromatic nitrogens is 1. The number of amides is 1. The first-order valence-electron chi connectivity index (χ1n) is 14.6. The third-order valence-corrected chi connectivity index (χ3v) is 7.34. The van der Waals surface area contributed by atoms with E-state index in [1.54, 1.807) is 37.4 Å². The summed E-state index contributed by atoms with van der Waals surface area (Å²) < 4.78 is 6.58. The maximum Gasteiger partial charge on any atom is 0.311 e. The van der Waals surface area contributed by atoms with Crippen molar-refractivity contribution in [3.05, 3.63) is 93.4 Å². The number of nitrogens with zero attached hydrogens (tertiary/aromatic N) is 2. The molecule has 0 radical (unpaired) electrons. The number of benzene rings is 2. The molecule has 2 N–H and O–H groups in total. The minimum atomic E-state index is -2.07. The summed E-state index contributed by atoms with van der Waals surface area (Å²) in [6, 6.07) is 15.7. The Morgan fingerprint density at radius 2 is 1.71 bits per heavy atom. The Bertz CT molecular complexity index is 1420. The maximum absolute atomic E-state index is 13.9. The summed E-state index contributed by atoms with van der Waals surface area (Å²) in [4.78, 5) is 41.9. The van der Waals surface area contributed by atoms with E-state index in [-0.39, 0.29) is 18.1 Å². The predicted molar refractivity (Wildman–Crippen MR) is 166 cm³/mol. The van der Waals surface area contributed by atoms with Gasteiger partial charge in [-0.2, -0.15) is 0 Å². The summed E-state index contributed by atoms with van der Waals surface area (Å²) in [6.07, 6.45) is 2.22. The van der Waals surface area contributed by atoms with Gasteiger partial charge in [0.1, 0.15) is 6.04 Å². The van der Waals surface area contributed by atoms with Crippen LogP contribution < -0.4 is 10.9 Å². The zero-order valence-electron chi connectivity index (χ0n) is 25.9. The normalized spacial score (nSPS) is 13.6. The molecule has 0 spiro atoms. The van der Waals surface area contributed by atoms with Crippen LogP contribution >= 0.6 is 0 Å². The lowest BCUT2D eigenvalue weighted by molar-refractivity contribution is -0.153. The van der Waals surface area contributed by atoms with Crippen molar-refractivity contribution in [2.24, 2.45) is 5.92 Å². The van der Waals surface area contributed by atoms with Crippen molar-refractivity contribution < 1.29 is 19.4 Å². The molecule has 1 amide bonds. The highest BCUT2D eigenvalue weighted by atomic mass is 16.5. The van der Waals surface area contributed by atoms with E-state index >= 15 is 0 Å². The van der Waals surface area contributed by atoms with Crippen LogP contribution in [0.25, 0.3) is 11.1 Å². The maximum atomic E-state index is 13.9. The molecule has 0 bridgehead atoms. The highest BCUT2D eigenvalue weighted by Gasteiger charge is 2.37. The first kappa shape index (κ1) is 32.8. The largest absolute Gasteiger partial charge is 0.466 e. The van der Waals surface area contributed by atoms with E-state index in [1.165, 1.54) is 4.57 Å². The summed E-state index contributed by atoms with van der Waals surface area (Å²) in [6.45, 7) is 10.6. The molecule has 2 atom stereocenters. The lowest BCUT2D eigenvalue weighted by Gasteiger charge is -2.32. The van der Waals surface area contributed by atoms with Crippen LogP contribution in [0.3, 0.4) is 0 Å². The van der Waals surface area contributed by atoms with Crippen molar-refractivity contribution in [1.82, 2.24) is 14.8 Å². The Hall–Kier alpha value is -3.75. The minimum Gasteiger partial charge on any atom is -0.466 e. The van der Waals surface area contributed by atoms with E-state index in [9.17, 15) is 19.5 Å². The number of pyridine rings is 1. The van der Waals surface area contributed by atoms with Gasteiger partial charge in [-0.05, 0) is 93.6 Å². The summed E-state index contributed by atoms with van der Waals surface area (Å²) in [5, 5.41) is 14.7. The van der Waals surface area contributed by atoms with Gasteiger partial charge >= 0.3 is 5.97 Å². The average Bonchev–Trinajstić information content (AvgIpc) is 2.91. The SMILES string of the molecule is CCOC(=O)C[C@@](O)(NC(=O)C(CC(C)C)n1ccc(CCN(C)C)cc1=O)c1cccc(-c2c(C)cccc2C)c1. The average molecular weight is 576 g/mol. The predicted octanol–water partition coefficient (Wildman–Crippen LogP) is 4.74. The molecule has 0 aliphatic rings. The molecule has 1 heterocycles. The van der Waals surface area contributed by atoms with Gasteiger partial charge in [-0.1, -0.05) is 50.2 Å². The lowest BCUT2D eigenvalue weighted by Crippen LogP contribution is -2.51. The van der Waals surface area contributed by atoms with Gasteiger partial charge in [-0.3, -0.25) is 14.4 Å². The molecule has 0 saturated heterocycles. The van der Waals surface area contributed by atoms with Gasteiger partial charge in [0.2, 0.25) is 5.91 Å². The molecule has 226 valence electrons.